The van der Waals surface area contributed by atoms with Gasteiger partial charge in [-0.15, -0.1) is 11.3 Å². The van der Waals surface area contributed by atoms with Crippen molar-refractivity contribution >= 4 is 65.6 Å². The number of carbonyl (C=O) groups excluding carboxylic acids is 1. The summed E-state index contributed by atoms with van der Waals surface area (Å²) in [6.07, 6.45) is 2.11. The van der Waals surface area contributed by atoms with Crippen LogP contribution in [0, 0.1) is 5.92 Å². The van der Waals surface area contributed by atoms with E-state index in [0.29, 0.717) is 43.4 Å². The number of halogens is 1. The quantitative estimate of drug-likeness (QED) is 0.483. The van der Waals surface area contributed by atoms with Crippen molar-refractivity contribution in [1.29, 1.82) is 0 Å². The highest BCUT2D eigenvalue weighted by Gasteiger charge is 2.35. The lowest BCUT2D eigenvalue weighted by Gasteiger charge is -2.38. The van der Waals surface area contributed by atoms with Gasteiger partial charge >= 0.3 is 0 Å². The third-order valence-corrected chi connectivity index (χ3v) is 11.3. The number of benzene rings is 1. The van der Waals surface area contributed by atoms with Crippen molar-refractivity contribution in [3.05, 3.63) is 40.2 Å². The number of amides is 1. The van der Waals surface area contributed by atoms with Crippen LogP contribution in [0.3, 0.4) is 0 Å². The minimum atomic E-state index is -3.54. The van der Waals surface area contributed by atoms with Crippen LogP contribution >= 0.6 is 34.3 Å². The normalized spacial score (nSPS) is 18.6. The molecule has 34 heavy (non-hydrogen) atoms. The number of aromatic nitrogens is 1. The highest BCUT2D eigenvalue weighted by atomic mass is 35.5. The Hall–Kier alpha value is -1.72. The number of thiazole rings is 1. The maximum Gasteiger partial charge on any atom is 0.252 e. The van der Waals surface area contributed by atoms with Crippen LogP contribution in [0.4, 0.5) is 5.13 Å². The lowest BCUT2D eigenvalue weighted by Crippen LogP contribution is -2.52. The first kappa shape index (κ1) is 24.0. The van der Waals surface area contributed by atoms with Crippen molar-refractivity contribution < 1.29 is 13.2 Å². The Balaban J connectivity index is 1.16. The second kappa shape index (κ2) is 9.73. The Labute approximate surface area is 213 Å². The Morgan fingerprint density at radius 3 is 2.44 bits per heavy atom. The molecule has 5 rings (SSSR count). The molecule has 1 amide bonds. The van der Waals surface area contributed by atoms with Crippen molar-refractivity contribution in [2.24, 2.45) is 5.92 Å². The molecule has 7 nitrogen and oxygen atoms in total. The zero-order chi connectivity index (χ0) is 23.9. The Bertz CT molecular complexity index is 1290. The van der Waals surface area contributed by atoms with Gasteiger partial charge in [0, 0.05) is 45.2 Å². The fraction of sp³-hybridized carbons (Fsp3) is 0.478. The van der Waals surface area contributed by atoms with Gasteiger partial charge in [0.15, 0.2) is 5.13 Å². The molecule has 2 saturated heterocycles. The molecule has 3 aromatic rings. The van der Waals surface area contributed by atoms with Gasteiger partial charge in [0.2, 0.25) is 5.91 Å². The number of fused-ring (bicyclic) bond motifs is 1. The summed E-state index contributed by atoms with van der Waals surface area (Å²) in [5, 5.41) is 1.02. The molecule has 2 aliphatic rings. The zero-order valence-corrected chi connectivity index (χ0v) is 22.1. The van der Waals surface area contributed by atoms with E-state index in [1.54, 1.807) is 23.5 Å². The van der Waals surface area contributed by atoms with Gasteiger partial charge in [-0.25, -0.2) is 13.4 Å². The second-order valence-corrected chi connectivity index (χ2v) is 13.6. The van der Waals surface area contributed by atoms with Crippen LogP contribution in [0.2, 0.25) is 4.34 Å². The molecule has 2 fully saturated rings. The van der Waals surface area contributed by atoms with Crippen molar-refractivity contribution in [2.45, 2.75) is 30.4 Å². The predicted octanol–water partition coefficient (Wildman–Crippen LogP) is 4.32. The molecule has 0 radical (unpaired) electrons. The van der Waals surface area contributed by atoms with Crippen molar-refractivity contribution in [3.8, 4) is 0 Å². The van der Waals surface area contributed by atoms with E-state index in [1.165, 1.54) is 14.6 Å². The van der Waals surface area contributed by atoms with Crippen molar-refractivity contribution in [1.82, 2.24) is 14.2 Å². The fourth-order valence-corrected chi connectivity index (χ4v) is 8.78. The number of aryl methyl sites for hydroxylation is 1. The van der Waals surface area contributed by atoms with E-state index >= 15 is 0 Å². The van der Waals surface area contributed by atoms with Crippen LogP contribution in [0.5, 0.6) is 0 Å². The van der Waals surface area contributed by atoms with Crippen LogP contribution in [0.25, 0.3) is 10.2 Å². The van der Waals surface area contributed by atoms with Gasteiger partial charge in [-0.1, -0.05) is 35.9 Å². The third-order valence-electron chi connectivity index (χ3n) is 6.66. The SMILES string of the molecule is CCc1ccc2nc(N3CCN(C(=O)C4CCN(S(=O)(=O)c5ccc(Cl)s5)CC4)CC3)sc2c1. The number of nitrogens with zero attached hydrogens (tertiary/aromatic N) is 4. The molecule has 182 valence electrons. The lowest BCUT2D eigenvalue weighted by molar-refractivity contribution is -0.137. The minimum Gasteiger partial charge on any atom is -0.345 e. The summed E-state index contributed by atoms with van der Waals surface area (Å²) in [5.74, 6) is 0.0209. The lowest BCUT2D eigenvalue weighted by atomic mass is 9.96. The number of rotatable bonds is 5. The molecule has 11 heteroatoms. The molecule has 2 aromatic heterocycles. The van der Waals surface area contributed by atoms with Gasteiger partial charge in [-0.05, 0) is 49.1 Å². The highest BCUT2D eigenvalue weighted by Crippen LogP contribution is 2.32. The molecule has 0 bridgehead atoms. The topological polar surface area (TPSA) is 73.8 Å². The second-order valence-electron chi connectivity index (χ2n) is 8.70. The number of sulfonamides is 1. The number of piperazine rings is 1. The van der Waals surface area contributed by atoms with Gasteiger partial charge in [-0.2, -0.15) is 4.31 Å². The summed E-state index contributed by atoms with van der Waals surface area (Å²) in [4.78, 5) is 22.2. The molecule has 1 aromatic carbocycles. The van der Waals surface area contributed by atoms with Crippen molar-refractivity contribution in [2.75, 3.05) is 44.2 Å². The molecule has 0 unspecified atom stereocenters. The molecule has 0 atom stereocenters. The average Bonchev–Trinajstić information content (AvgIpc) is 3.50. The fourth-order valence-electron chi connectivity index (χ4n) is 4.60. The summed E-state index contributed by atoms with van der Waals surface area (Å²) in [6, 6.07) is 9.59. The molecule has 0 N–H and O–H groups in total. The maximum atomic E-state index is 13.1. The van der Waals surface area contributed by atoms with E-state index < -0.39 is 10.0 Å². The van der Waals surface area contributed by atoms with Crippen LogP contribution < -0.4 is 4.90 Å². The smallest absolute Gasteiger partial charge is 0.252 e. The van der Waals surface area contributed by atoms with E-state index in [-0.39, 0.29) is 16.0 Å². The number of thiophene rings is 1. The average molecular weight is 539 g/mol. The first-order valence-corrected chi connectivity index (χ1v) is 15.0. The third kappa shape index (κ3) is 4.70. The first-order chi connectivity index (χ1) is 16.3. The molecule has 2 aliphatic heterocycles. The standard InChI is InChI=1S/C23H27ClN4O3S3/c1-2-16-3-4-18-19(15-16)32-23(25-18)27-13-11-26(12-14-27)22(29)17-7-9-28(10-8-17)34(30,31)21-6-5-20(24)33-21/h3-6,15,17H,2,7-14H2,1H3. The summed E-state index contributed by atoms with van der Waals surface area (Å²) >= 11 is 8.70. The molecule has 0 spiro atoms. The monoisotopic (exact) mass is 538 g/mol. The minimum absolute atomic E-state index is 0.125. The number of piperidine rings is 1. The van der Waals surface area contributed by atoms with Gasteiger partial charge in [0.25, 0.3) is 10.0 Å². The number of hydrogen-bond acceptors (Lipinski definition) is 7. The van der Waals surface area contributed by atoms with Gasteiger partial charge in [0.1, 0.15) is 4.21 Å². The van der Waals surface area contributed by atoms with E-state index in [4.69, 9.17) is 16.6 Å². The maximum absolute atomic E-state index is 13.1. The highest BCUT2D eigenvalue weighted by molar-refractivity contribution is 7.91. The number of hydrogen-bond donors (Lipinski definition) is 0. The Kier molecular flexibility index (Phi) is 6.87. The molecule has 0 aliphatic carbocycles. The summed E-state index contributed by atoms with van der Waals surface area (Å²) in [6.45, 7) is 5.74. The van der Waals surface area contributed by atoms with E-state index in [9.17, 15) is 13.2 Å². The first-order valence-electron chi connectivity index (χ1n) is 11.5. The van der Waals surface area contributed by atoms with Gasteiger partial charge < -0.3 is 9.80 Å². The zero-order valence-electron chi connectivity index (χ0n) is 18.9. The van der Waals surface area contributed by atoms with E-state index in [1.807, 2.05) is 4.90 Å². The molecular formula is C23H27ClN4O3S3. The van der Waals surface area contributed by atoms with Crippen LogP contribution in [-0.4, -0.2) is 67.8 Å². The number of anilines is 1. The van der Waals surface area contributed by atoms with Gasteiger partial charge in [-0.3, -0.25) is 4.79 Å². The Morgan fingerprint density at radius 1 is 1.06 bits per heavy atom. The Morgan fingerprint density at radius 2 is 1.79 bits per heavy atom. The molecule has 0 saturated carbocycles. The summed E-state index contributed by atoms with van der Waals surface area (Å²) in [5.41, 5.74) is 2.35. The van der Waals surface area contributed by atoms with Gasteiger partial charge in [0.05, 0.1) is 14.6 Å². The summed E-state index contributed by atoms with van der Waals surface area (Å²) in [7, 11) is -3.54. The van der Waals surface area contributed by atoms with Crippen LogP contribution in [-0.2, 0) is 21.2 Å². The molecular weight excluding hydrogens is 512 g/mol. The van der Waals surface area contributed by atoms with E-state index in [0.717, 1.165) is 41.5 Å². The number of carbonyl (C=O) groups is 1. The summed E-state index contributed by atoms with van der Waals surface area (Å²) < 4.78 is 29.1. The van der Waals surface area contributed by atoms with Crippen molar-refractivity contribution in [3.63, 3.8) is 0 Å². The molecule has 4 heterocycles. The van der Waals surface area contributed by atoms with Crippen LogP contribution in [0.1, 0.15) is 25.3 Å². The van der Waals surface area contributed by atoms with E-state index in [2.05, 4.69) is 30.0 Å². The largest absolute Gasteiger partial charge is 0.345 e. The predicted molar refractivity (Wildman–Crippen MR) is 139 cm³/mol. The van der Waals surface area contributed by atoms with Crippen LogP contribution in [0.15, 0.2) is 34.5 Å².